The van der Waals surface area contributed by atoms with Crippen molar-refractivity contribution < 1.29 is 18.3 Å². The van der Waals surface area contributed by atoms with Gasteiger partial charge in [0.15, 0.2) is 0 Å². The number of aliphatic hydroxyl groups is 1. The first-order valence-corrected chi connectivity index (χ1v) is 10.1. The van der Waals surface area contributed by atoms with Crippen LogP contribution in [0.1, 0.15) is 44.9 Å². The molecule has 128 valence electrons. The summed E-state index contributed by atoms with van der Waals surface area (Å²) in [7, 11) is -3.15. The maximum Gasteiger partial charge on any atom is 0.223 e. The summed E-state index contributed by atoms with van der Waals surface area (Å²) < 4.78 is 24.3. The van der Waals surface area contributed by atoms with Crippen molar-refractivity contribution in [3.8, 4) is 0 Å². The molecule has 1 unspecified atom stereocenters. The van der Waals surface area contributed by atoms with Gasteiger partial charge in [0, 0.05) is 25.6 Å². The van der Waals surface area contributed by atoms with Crippen LogP contribution >= 0.6 is 0 Å². The van der Waals surface area contributed by atoms with Crippen molar-refractivity contribution in [3.05, 3.63) is 0 Å². The lowest BCUT2D eigenvalue weighted by Crippen LogP contribution is -2.44. The highest BCUT2D eigenvalue weighted by atomic mass is 32.2. The quantitative estimate of drug-likeness (QED) is 0.776. The van der Waals surface area contributed by atoms with Crippen molar-refractivity contribution in [3.63, 3.8) is 0 Å². The molecule has 1 saturated heterocycles. The molecule has 22 heavy (non-hydrogen) atoms. The fourth-order valence-electron chi connectivity index (χ4n) is 3.48. The standard InChI is InChI=1S/C15H28N2O4S/c1-22(20,21)17-9-7-13(8-10-17)15(19)16-11-14(18)12-5-3-2-4-6-12/h12-14,18H,2-11H2,1H3,(H,16,19). The highest BCUT2D eigenvalue weighted by Gasteiger charge is 2.29. The predicted octanol–water partition coefficient (Wildman–Crippen LogP) is 0.715. The summed E-state index contributed by atoms with van der Waals surface area (Å²) in [5.41, 5.74) is 0. The fourth-order valence-corrected chi connectivity index (χ4v) is 4.36. The largest absolute Gasteiger partial charge is 0.391 e. The number of aliphatic hydroxyl groups excluding tert-OH is 1. The second-order valence-corrected chi connectivity index (χ2v) is 8.63. The summed E-state index contributed by atoms with van der Waals surface area (Å²) in [6, 6.07) is 0. The minimum atomic E-state index is -3.15. The summed E-state index contributed by atoms with van der Waals surface area (Å²) in [4.78, 5) is 12.2. The molecule has 1 saturated carbocycles. The van der Waals surface area contributed by atoms with Crippen LogP contribution in [0.3, 0.4) is 0 Å². The fraction of sp³-hybridized carbons (Fsp3) is 0.933. The highest BCUT2D eigenvalue weighted by molar-refractivity contribution is 7.88. The van der Waals surface area contributed by atoms with Crippen LogP contribution in [0.5, 0.6) is 0 Å². The molecule has 1 atom stereocenters. The summed E-state index contributed by atoms with van der Waals surface area (Å²) >= 11 is 0. The molecule has 2 aliphatic rings. The van der Waals surface area contributed by atoms with Gasteiger partial charge in [0.2, 0.25) is 15.9 Å². The van der Waals surface area contributed by atoms with E-state index in [0.29, 0.717) is 38.4 Å². The van der Waals surface area contributed by atoms with Gasteiger partial charge in [0.05, 0.1) is 12.4 Å². The van der Waals surface area contributed by atoms with Gasteiger partial charge >= 0.3 is 0 Å². The van der Waals surface area contributed by atoms with Gasteiger partial charge in [0.1, 0.15) is 0 Å². The number of sulfonamides is 1. The van der Waals surface area contributed by atoms with E-state index in [4.69, 9.17) is 0 Å². The number of hydrogen-bond donors (Lipinski definition) is 2. The number of nitrogens with one attached hydrogen (secondary N) is 1. The van der Waals surface area contributed by atoms with Crippen molar-refractivity contribution in [1.82, 2.24) is 9.62 Å². The van der Waals surface area contributed by atoms with Crippen LogP contribution in [0, 0.1) is 11.8 Å². The van der Waals surface area contributed by atoms with Crippen molar-refractivity contribution in [2.45, 2.75) is 51.0 Å². The second kappa shape index (κ2) is 7.75. The number of carbonyl (C=O) groups excluding carboxylic acids is 1. The second-order valence-electron chi connectivity index (χ2n) is 6.65. The zero-order valence-corrected chi connectivity index (χ0v) is 14.1. The van der Waals surface area contributed by atoms with Crippen LogP contribution in [0.25, 0.3) is 0 Å². The van der Waals surface area contributed by atoms with Crippen molar-refractivity contribution >= 4 is 15.9 Å². The smallest absolute Gasteiger partial charge is 0.223 e. The Labute approximate surface area is 133 Å². The predicted molar refractivity (Wildman–Crippen MR) is 84.7 cm³/mol. The zero-order chi connectivity index (χ0) is 16.2. The van der Waals surface area contributed by atoms with Gasteiger partial charge in [-0.25, -0.2) is 12.7 Å². The highest BCUT2D eigenvalue weighted by Crippen LogP contribution is 2.26. The summed E-state index contributed by atoms with van der Waals surface area (Å²) in [5.74, 6) is 0.112. The van der Waals surface area contributed by atoms with E-state index in [1.165, 1.54) is 29.8 Å². The van der Waals surface area contributed by atoms with Gasteiger partial charge in [-0.1, -0.05) is 19.3 Å². The van der Waals surface area contributed by atoms with Crippen LogP contribution in [0.15, 0.2) is 0 Å². The van der Waals surface area contributed by atoms with Gasteiger partial charge in [0.25, 0.3) is 0 Å². The Bertz CT molecular complexity index is 466. The van der Waals surface area contributed by atoms with E-state index in [2.05, 4.69) is 5.32 Å². The molecule has 0 aromatic heterocycles. The molecule has 0 bridgehead atoms. The van der Waals surface area contributed by atoms with Crippen LogP contribution < -0.4 is 5.32 Å². The van der Waals surface area contributed by atoms with Crippen molar-refractivity contribution in [1.29, 1.82) is 0 Å². The number of nitrogens with zero attached hydrogens (tertiary/aromatic N) is 1. The first kappa shape index (κ1) is 17.7. The average Bonchev–Trinajstić information content (AvgIpc) is 2.52. The Hall–Kier alpha value is -0.660. The number of piperidine rings is 1. The molecule has 0 aromatic carbocycles. The molecule has 0 aromatic rings. The van der Waals surface area contributed by atoms with Gasteiger partial charge in [-0.05, 0) is 31.6 Å². The van der Waals surface area contributed by atoms with Gasteiger partial charge in [-0.15, -0.1) is 0 Å². The van der Waals surface area contributed by atoms with Crippen LogP contribution in [-0.2, 0) is 14.8 Å². The van der Waals surface area contributed by atoms with Crippen molar-refractivity contribution in [2.24, 2.45) is 11.8 Å². The molecular formula is C15H28N2O4S. The molecular weight excluding hydrogens is 304 g/mol. The van der Waals surface area contributed by atoms with Crippen molar-refractivity contribution in [2.75, 3.05) is 25.9 Å². The summed E-state index contributed by atoms with van der Waals surface area (Å²) in [6.45, 7) is 1.12. The molecule has 1 heterocycles. The third kappa shape index (κ3) is 4.93. The van der Waals surface area contributed by atoms with E-state index in [1.54, 1.807) is 0 Å². The molecule has 1 aliphatic carbocycles. The van der Waals surface area contributed by atoms with E-state index >= 15 is 0 Å². The lowest BCUT2D eigenvalue weighted by molar-refractivity contribution is -0.126. The Balaban J connectivity index is 1.72. The maximum atomic E-state index is 12.2. The monoisotopic (exact) mass is 332 g/mol. The molecule has 0 spiro atoms. The Kier molecular flexibility index (Phi) is 6.23. The van der Waals surface area contributed by atoms with E-state index < -0.39 is 16.1 Å². The van der Waals surface area contributed by atoms with Gasteiger partial charge < -0.3 is 10.4 Å². The SMILES string of the molecule is CS(=O)(=O)N1CCC(C(=O)NCC(O)C2CCCCC2)CC1. The minimum Gasteiger partial charge on any atom is -0.391 e. The lowest BCUT2D eigenvalue weighted by Gasteiger charge is -2.30. The molecule has 6 nitrogen and oxygen atoms in total. The molecule has 7 heteroatoms. The number of rotatable bonds is 5. The third-order valence-corrected chi connectivity index (χ3v) is 6.28. The minimum absolute atomic E-state index is 0.0528. The lowest BCUT2D eigenvalue weighted by atomic mass is 9.85. The number of hydrogen-bond acceptors (Lipinski definition) is 4. The molecule has 1 amide bonds. The van der Waals surface area contributed by atoms with E-state index in [9.17, 15) is 18.3 Å². The number of amides is 1. The Morgan fingerprint density at radius 1 is 1.18 bits per heavy atom. The van der Waals surface area contributed by atoms with E-state index in [-0.39, 0.29) is 11.8 Å². The zero-order valence-electron chi connectivity index (χ0n) is 13.3. The third-order valence-electron chi connectivity index (χ3n) is 4.97. The first-order chi connectivity index (χ1) is 10.4. The molecule has 0 radical (unpaired) electrons. The molecule has 2 rings (SSSR count). The summed E-state index contributed by atoms with van der Waals surface area (Å²) in [5, 5.41) is 13.0. The maximum absolute atomic E-state index is 12.2. The summed E-state index contributed by atoms with van der Waals surface area (Å²) in [6.07, 6.45) is 7.52. The van der Waals surface area contributed by atoms with Crippen LogP contribution in [-0.4, -0.2) is 55.7 Å². The average molecular weight is 332 g/mol. The Morgan fingerprint density at radius 2 is 1.77 bits per heavy atom. The molecule has 1 aliphatic heterocycles. The van der Waals surface area contributed by atoms with Crippen LogP contribution in [0.2, 0.25) is 0 Å². The molecule has 2 N–H and O–H groups in total. The first-order valence-electron chi connectivity index (χ1n) is 8.29. The van der Waals surface area contributed by atoms with E-state index in [1.807, 2.05) is 0 Å². The van der Waals surface area contributed by atoms with E-state index in [0.717, 1.165) is 12.8 Å². The number of carbonyl (C=O) groups is 1. The van der Waals surface area contributed by atoms with Gasteiger partial charge in [-0.2, -0.15) is 0 Å². The van der Waals surface area contributed by atoms with Gasteiger partial charge in [-0.3, -0.25) is 4.79 Å². The normalized spacial score (nSPS) is 24.1. The topological polar surface area (TPSA) is 86.7 Å². The van der Waals surface area contributed by atoms with Crippen LogP contribution in [0.4, 0.5) is 0 Å². The molecule has 2 fully saturated rings. The Morgan fingerprint density at radius 3 is 2.32 bits per heavy atom.